The molecule has 4 nitrogen and oxygen atoms in total. The molecule has 0 bridgehead atoms. The van der Waals surface area contributed by atoms with Gasteiger partial charge < -0.3 is 10.1 Å². The first-order valence-electron chi connectivity index (χ1n) is 5.63. The summed E-state index contributed by atoms with van der Waals surface area (Å²) >= 11 is 9.10. The molecule has 0 unspecified atom stereocenters. The van der Waals surface area contributed by atoms with Crippen LogP contribution in [0, 0.1) is 0 Å². The fraction of sp³-hybridized carbons (Fsp3) is 0.385. The lowest BCUT2D eigenvalue weighted by Crippen LogP contribution is -2.35. The van der Waals surface area contributed by atoms with E-state index < -0.39 is 11.7 Å². The Bertz CT molecular complexity index is 477. The standard InChI is InChI=1S/C13H15BrClNO3/c1-13(2,3)19-12(18)16-7-11(17)8-4-9(14)6-10(15)5-8/h4-6H,7H2,1-3H3,(H,16,18). The Morgan fingerprint density at radius 2 is 1.95 bits per heavy atom. The van der Waals surface area contributed by atoms with Crippen molar-refractivity contribution in [2.24, 2.45) is 0 Å². The predicted octanol–water partition coefficient (Wildman–Crippen LogP) is 3.81. The number of hydrogen-bond acceptors (Lipinski definition) is 3. The lowest BCUT2D eigenvalue weighted by molar-refractivity contribution is 0.0520. The van der Waals surface area contributed by atoms with E-state index >= 15 is 0 Å². The molecule has 1 N–H and O–H groups in total. The Morgan fingerprint density at radius 1 is 1.32 bits per heavy atom. The normalized spacial score (nSPS) is 11.0. The number of amides is 1. The third-order valence-corrected chi connectivity index (χ3v) is 2.65. The summed E-state index contributed by atoms with van der Waals surface area (Å²) in [5, 5.41) is 2.86. The number of hydrogen-bond donors (Lipinski definition) is 1. The van der Waals surface area contributed by atoms with Gasteiger partial charge in [0.1, 0.15) is 5.60 Å². The summed E-state index contributed by atoms with van der Waals surface area (Å²) in [4.78, 5) is 23.3. The number of nitrogens with one attached hydrogen (secondary N) is 1. The maximum Gasteiger partial charge on any atom is 0.408 e. The van der Waals surface area contributed by atoms with E-state index in [1.165, 1.54) is 0 Å². The Labute approximate surface area is 125 Å². The minimum Gasteiger partial charge on any atom is -0.444 e. The SMILES string of the molecule is CC(C)(C)OC(=O)NCC(=O)c1cc(Cl)cc(Br)c1. The monoisotopic (exact) mass is 347 g/mol. The minimum absolute atomic E-state index is 0.137. The van der Waals surface area contributed by atoms with Gasteiger partial charge in [0.2, 0.25) is 0 Å². The highest BCUT2D eigenvalue weighted by Gasteiger charge is 2.17. The molecule has 0 aromatic heterocycles. The van der Waals surface area contributed by atoms with Gasteiger partial charge in [-0.15, -0.1) is 0 Å². The molecule has 0 aliphatic rings. The first-order valence-corrected chi connectivity index (χ1v) is 6.80. The number of Topliss-reactive ketones (excluding diaryl/α,β-unsaturated/α-hetero) is 1. The van der Waals surface area contributed by atoms with Gasteiger partial charge in [-0.05, 0) is 39.0 Å². The lowest BCUT2D eigenvalue weighted by atomic mass is 10.1. The predicted molar refractivity (Wildman–Crippen MR) is 77.7 cm³/mol. The van der Waals surface area contributed by atoms with Crippen LogP contribution in [-0.2, 0) is 4.74 Å². The average molecular weight is 349 g/mol. The maximum atomic E-state index is 11.9. The molecule has 0 aliphatic heterocycles. The molecule has 19 heavy (non-hydrogen) atoms. The molecule has 1 amide bonds. The van der Waals surface area contributed by atoms with Gasteiger partial charge in [0.05, 0.1) is 6.54 Å². The second kappa shape index (κ2) is 6.39. The zero-order valence-corrected chi connectivity index (χ0v) is 13.3. The average Bonchev–Trinajstić information content (AvgIpc) is 2.22. The van der Waals surface area contributed by atoms with E-state index in [0.29, 0.717) is 15.1 Å². The molecule has 0 aliphatic carbocycles. The molecule has 104 valence electrons. The number of carbonyl (C=O) groups is 2. The van der Waals surface area contributed by atoms with Crippen LogP contribution in [0.4, 0.5) is 4.79 Å². The third kappa shape index (κ3) is 6.07. The second-order valence-electron chi connectivity index (χ2n) is 4.94. The van der Waals surface area contributed by atoms with E-state index in [0.717, 1.165) is 0 Å². The lowest BCUT2D eigenvalue weighted by Gasteiger charge is -2.19. The van der Waals surface area contributed by atoms with Crippen molar-refractivity contribution in [1.29, 1.82) is 0 Å². The molecule has 1 aromatic carbocycles. The molecule has 0 saturated heterocycles. The van der Waals surface area contributed by atoms with Gasteiger partial charge in [0.25, 0.3) is 0 Å². The van der Waals surface area contributed by atoms with E-state index in [-0.39, 0.29) is 12.3 Å². The van der Waals surface area contributed by atoms with Crippen molar-refractivity contribution in [3.63, 3.8) is 0 Å². The summed E-state index contributed by atoms with van der Waals surface area (Å²) in [5.74, 6) is -0.242. The van der Waals surface area contributed by atoms with Crippen LogP contribution in [0.2, 0.25) is 5.02 Å². The summed E-state index contributed by atoms with van der Waals surface area (Å²) in [7, 11) is 0. The van der Waals surface area contributed by atoms with Gasteiger partial charge >= 0.3 is 6.09 Å². The quantitative estimate of drug-likeness (QED) is 0.845. The summed E-state index contributed by atoms with van der Waals surface area (Å²) in [6.45, 7) is 5.12. The van der Waals surface area contributed by atoms with Crippen LogP contribution in [0.15, 0.2) is 22.7 Å². The molecule has 1 aromatic rings. The first kappa shape index (κ1) is 16.0. The summed E-state index contributed by atoms with van der Waals surface area (Å²) in [6.07, 6.45) is -0.623. The van der Waals surface area contributed by atoms with Gasteiger partial charge in [0, 0.05) is 15.1 Å². The molecule has 0 saturated carbocycles. The minimum atomic E-state index is -0.623. The zero-order valence-electron chi connectivity index (χ0n) is 10.9. The van der Waals surface area contributed by atoms with E-state index in [2.05, 4.69) is 21.2 Å². The molecule has 0 heterocycles. The van der Waals surface area contributed by atoms with Crippen LogP contribution >= 0.6 is 27.5 Å². The topological polar surface area (TPSA) is 55.4 Å². The van der Waals surface area contributed by atoms with Gasteiger partial charge in [-0.2, -0.15) is 0 Å². The largest absolute Gasteiger partial charge is 0.444 e. The third-order valence-electron chi connectivity index (χ3n) is 1.98. The fourth-order valence-electron chi connectivity index (χ4n) is 1.28. The Kier molecular flexibility index (Phi) is 5.38. The summed E-state index contributed by atoms with van der Waals surface area (Å²) in [6, 6.07) is 4.87. The molecular weight excluding hydrogens is 334 g/mol. The zero-order chi connectivity index (χ0) is 14.6. The first-order chi connectivity index (χ1) is 8.67. The Hall–Kier alpha value is -1.07. The van der Waals surface area contributed by atoms with E-state index in [9.17, 15) is 9.59 Å². The fourth-order valence-corrected chi connectivity index (χ4v) is 2.14. The maximum absolute atomic E-state index is 11.9. The van der Waals surface area contributed by atoms with Crippen molar-refractivity contribution in [1.82, 2.24) is 5.32 Å². The van der Waals surface area contributed by atoms with Crippen LogP contribution in [0.3, 0.4) is 0 Å². The highest BCUT2D eigenvalue weighted by molar-refractivity contribution is 9.10. The van der Waals surface area contributed by atoms with Crippen LogP contribution in [0.25, 0.3) is 0 Å². The van der Waals surface area contributed by atoms with Gasteiger partial charge in [-0.1, -0.05) is 27.5 Å². The molecule has 1 rings (SSSR count). The van der Waals surface area contributed by atoms with Crippen LogP contribution in [0.5, 0.6) is 0 Å². The van der Waals surface area contributed by atoms with E-state index in [1.807, 2.05) is 0 Å². The number of ether oxygens (including phenoxy) is 1. The van der Waals surface area contributed by atoms with Crippen molar-refractivity contribution >= 4 is 39.4 Å². The number of ketones is 1. The van der Waals surface area contributed by atoms with Crippen LogP contribution < -0.4 is 5.32 Å². The Morgan fingerprint density at radius 3 is 2.47 bits per heavy atom. The summed E-state index contributed by atoms with van der Waals surface area (Å²) < 4.78 is 5.74. The number of halogens is 2. The van der Waals surface area contributed by atoms with Crippen molar-refractivity contribution in [3.8, 4) is 0 Å². The highest BCUT2D eigenvalue weighted by atomic mass is 79.9. The molecule has 0 atom stereocenters. The highest BCUT2D eigenvalue weighted by Crippen LogP contribution is 2.19. The van der Waals surface area contributed by atoms with Crippen LogP contribution in [0.1, 0.15) is 31.1 Å². The number of rotatable bonds is 3. The van der Waals surface area contributed by atoms with E-state index in [1.54, 1.807) is 39.0 Å². The molecule has 0 spiro atoms. The van der Waals surface area contributed by atoms with E-state index in [4.69, 9.17) is 16.3 Å². The number of carbonyl (C=O) groups excluding carboxylic acids is 2. The van der Waals surface area contributed by atoms with Crippen LogP contribution in [-0.4, -0.2) is 24.0 Å². The van der Waals surface area contributed by atoms with Crippen molar-refractivity contribution in [3.05, 3.63) is 33.3 Å². The van der Waals surface area contributed by atoms with Gasteiger partial charge in [-0.25, -0.2) is 4.79 Å². The van der Waals surface area contributed by atoms with Gasteiger partial charge in [-0.3, -0.25) is 4.79 Å². The molecule has 6 heteroatoms. The number of alkyl carbamates (subject to hydrolysis) is 1. The second-order valence-corrected chi connectivity index (χ2v) is 6.29. The van der Waals surface area contributed by atoms with Crippen molar-refractivity contribution in [2.75, 3.05) is 6.54 Å². The van der Waals surface area contributed by atoms with Crippen molar-refractivity contribution < 1.29 is 14.3 Å². The molecular formula is C13H15BrClNO3. The van der Waals surface area contributed by atoms with Crippen molar-refractivity contribution in [2.45, 2.75) is 26.4 Å². The Balaban J connectivity index is 2.58. The molecule has 0 radical (unpaired) electrons. The molecule has 0 fully saturated rings. The smallest absolute Gasteiger partial charge is 0.408 e. The van der Waals surface area contributed by atoms with Gasteiger partial charge in [0.15, 0.2) is 5.78 Å². The number of benzene rings is 1. The summed E-state index contributed by atoms with van der Waals surface area (Å²) in [5.41, 5.74) is -0.165.